The van der Waals surface area contributed by atoms with Crippen molar-refractivity contribution >= 4 is 5.78 Å². The maximum Gasteiger partial charge on any atom is 0.155 e. The second-order valence-electron chi connectivity index (χ2n) is 4.20. The van der Waals surface area contributed by atoms with E-state index in [2.05, 4.69) is 6.92 Å². The van der Waals surface area contributed by atoms with E-state index in [0.717, 1.165) is 24.7 Å². The lowest BCUT2D eigenvalue weighted by atomic mass is 9.71. The molecular formula is C11H16O. The molecule has 1 unspecified atom stereocenters. The summed E-state index contributed by atoms with van der Waals surface area (Å²) in [7, 11) is 0. The molecule has 1 fully saturated rings. The van der Waals surface area contributed by atoms with Gasteiger partial charge in [0.1, 0.15) is 0 Å². The van der Waals surface area contributed by atoms with E-state index in [4.69, 9.17) is 0 Å². The van der Waals surface area contributed by atoms with Crippen LogP contribution in [0.5, 0.6) is 0 Å². The minimum atomic E-state index is 0.357. The van der Waals surface area contributed by atoms with Crippen molar-refractivity contribution in [3.8, 4) is 0 Å². The van der Waals surface area contributed by atoms with E-state index >= 15 is 0 Å². The Morgan fingerprint density at radius 3 is 3.00 bits per heavy atom. The van der Waals surface area contributed by atoms with Gasteiger partial charge in [-0.15, -0.1) is 0 Å². The highest BCUT2D eigenvalue weighted by Crippen LogP contribution is 2.39. The van der Waals surface area contributed by atoms with Crippen LogP contribution in [0.2, 0.25) is 0 Å². The van der Waals surface area contributed by atoms with Crippen molar-refractivity contribution in [3.05, 3.63) is 11.6 Å². The van der Waals surface area contributed by atoms with Crippen LogP contribution >= 0.6 is 0 Å². The summed E-state index contributed by atoms with van der Waals surface area (Å²) in [5.41, 5.74) is 1.45. The van der Waals surface area contributed by atoms with E-state index in [-0.39, 0.29) is 0 Å². The van der Waals surface area contributed by atoms with Gasteiger partial charge in [-0.2, -0.15) is 0 Å². The molecule has 2 aliphatic rings. The van der Waals surface area contributed by atoms with Crippen molar-refractivity contribution in [3.63, 3.8) is 0 Å². The van der Waals surface area contributed by atoms with Crippen LogP contribution in [0.15, 0.2) is 11.6 Å². The molecule has 2 atom stereocenters. The number of ketones is 1. The normalized spacial score (nSPS) is 35.8. The molecule has 0 bridgehead atoms. The van der Waals surface area contributed by atoms with Crippen LogP contribution in [0.25, 0.3) is 0 Å². The van der Waals surface area contributed by atoms with Crippen molar-refractivity contribution < 1.29 is 4.79 Å². The minimum absolute atomic E-state index is 0.357. The summed E-state index contributed by atoms with van der Waals surface area (Å²) in [5.74, 6) is 1.92. The van der Waals surface area contributed by atoms with Crippen LogP contribution in [0, 0.1) is 11.8 Å². The summed E-state index contributed by atoms with van der Waals surface area (Å²) < 4.78 is 0. The van der Waals surface area contributed by atoms with E-state index in [9.17, 15) is 4.79 Å². The molecule has 0 spiro atoms. The zero-order valence-corrected chi connectivity index (χ0v) is 7.68. The standard InChI is InChI=1S/C11H16O/c1-8-3-2-4-9-7-10(12)5-6-11(8)9/h7-8,11H,2-6H2,1H3/t8?,11-/m1/s1. The first-order chi connectivity index (χ1) is 5.77. The van der Waals surface area contributed by atoms with E-state index in [1.165, 1.54) is 24.8 Å². The predicted molar refractivity (Wildman–Crippen MR) is 48.8 cm³/mol. The number of rotatable bonds is 0. The average Bonchev–Trinajstić information content (AvgIpc) is 2.04. The van der Waals surface area contributed by atoms with Gasteiger partial charge in [0.15, 0.2) is 5.78 Å². The molecule has 0 N–H and O–H groups in total. The first kappa shape index (κ1) is 8.03. The van der Waals surface area contributed by atoms with E-state index in [1.54, 1.807) is 0 Å². The van der Waals surface area contributed by atoms with Gasteiger partial charge in [-0.1, -0.05) is 12.5 Å². The Bertz CT molecular complexity index is 227. The van der Waals surface area contributed by atoms with Gasteiger partial charge in [0.2, 0.25) is 0 Å². The third-order valence-electron chi connectivity index (χ3n) is 3.34. The summed E-state index contributed by atoms with van der Waals surface area (Å²) in [5, 5.41) is 0. The molecule has 0 aromatic rings. The Balaban J connectivity index is 2.20. The Labute approximate surface area is 73.8 Å². The first-order valence-corrected chi connectivity index (χ1v) is 5.00. The zero-order valence-electron chi connectivity index (χ0n) is 7.68. The molecule has 0 aliphatic heterocycles. The van der Waals surface area contributed by atoms with Gasteiger partial charge in [0.25, 0.3) is 0 Å². The van der Waals surface area contributed by atoms with Gasteiger partial charge in [0, 0.05) is 6.42 Å². The van der Waals surface area contributed by atoms with Crippen LogP contribution in [-0.2, 0) is 4.79 Å². The van der Waals surface area contributed by atoms with E-state index < -0.39 is 0 Å². The largest absolute Gasteiger partial charge is 0.295 e. The molecule has 1 saturated carbocycles. The third kappa shape index (κ3) is 1.33. The van der Waals surface area contributed by atoms with Crippen LogP contribution in [0.1, 0.15) is 39.0 Å². The predicted octanol–water partition coefficient (Wildman–Crippen LogP) is 2.71. The van der Waals surface area contributed by atoms with Crippen molar-refractivity contribution in [1.29, 1.82) is 0 Å². The van der Waals surface area contributed by atoms with Crippen LogP contribution < -0.4 is 0 Å². The van der Waals surface area contributed by atoms with Gasteiger partial charge in [0.05, 0.1) is 0 Å². The SMILES string of the molecule is CC1CCCC2=CC(=O)CC[C@@H]21. The highest BCUT2D eigenvalue weighted by atomic mass is 16.1. The number of hydrogen-bond donors (Lipinski definition) is 0. The fraction of sp³-hybridized carbons (Fsp3) is 0.727. The monoisotopic (exact) mass is 164 g/mol. The number of carbonyl (C=O) groups excluding carboxylic acids is 1. The quantitative estimate of drug-likeness (QED) is 0.538. The van der Waals surface area contributed by atoms with Gasteiger partial charge in [-0.05, 0) is 43.6 Å². The summed E-state index contributed by atoms with van der Waals surface area (Å²) in [6.07, 6.45) is 7.65. The molecule has 1 heteroatoms. The summed E-state index contributed by atoms with van der Waals surface area (Å²) in [6.45, 7) is 2.33. The molecule has 0 radical (unpaired) electrons. The van der Waals surface area contributed by atoms with Crippen LogP contribution in [0.3, 0.4) is 0 Å². The van der Waals surface area contributed by atoms with E-state index in [0.29, 0.717) is 5.78 Å². The van der Waals surface area contributed by atoms with Gasteiger partial charge >= 0.3 is 0 Å². The Kier molecular flexibility index (Phi) is 2.03. The third-order valence-corrected chi connectivity index (χ3v) is 3.34. The minimum Gasteiger partial charge on any atom is -0.295 e. The molecule has 0 amide bonds. The second-order valence-corrected chi connectivity index (χ2v) is 4.20. The highest BCUT2D eigenvalue weighted by molar-refractivity contribution is 5.91. The van der Waals surface area contributed by atoms with Crippen LogP contribution in [0.4, 0.5) is 0 Å². The first-order valence-electron chi connectivity index (χ1n) is 5.00. The molecule has 12 heavy (non-hydrogen) atoms. The van der Waals surface area contributed by atoms with Gasteiger partial charge in [-0.25, -0.2) is 0 Å². The Hall–Kier alpha value is -0.590. The number of fused-ring (bicyclic) bond motifs is 1. The highest BCUT2D eigenvalue weighted by Gasteiger charge is 2.28. The Morgan fingerprint density at radius 2 is 2.17 bits per heavy atom. The van der Waals surface area contributed by atoms with Crippen molar-refractivity contribution in [1.82, 2.24) is 0 Å². The van der Waals surface area contributed by atoms with Crippen LogP contribution in [-0.4, -0.2) is 5.78 Å². The number of hydrogen-bond acceptors (Lipinski definition) is 1. The molecule has 1 nitrogen and oxygen atoms in total. The lowest BCUT2D eigenvalue weighted by Gasteiger charge is -2.33. The van der Waals surface area contributed by atoms with Crippen molar-refractivity contribution in [2.75, 3.05) is 0 Å². The number of carbonyl (C=O) groups is 1. The molecule has 66 valence electrons. The lowest BCUT2D eigenvalue weighted by Crippen LogP contribution is -2.24. The lowest BCUT2D eigenvalue weighted by molar-refractivity contribution is -0.115. The van der Waals surface area contributed by atoms with Gasteiger partial charge in [-0.3, -0.25) is 4.79 Å². The molecule has 0 saturated heterocycles. The number of allylic oxidation sites excluding steroid dienone is 2. The molecule has 2 rings (SSSR count). The fourth-order valence-corrected chi connectivity index (χ4v) is 2.61. The molecular weight excluding hydrogens is 148 g/mol. The summed E-state index contributed by atoms with van der Waals surface area (Å²) in [6, 6.07) is 0. The van der Waals surface area contributed by atoms with Crippen molar-refractivity contribution in [2.24, 2.45) is 11.8 Å². The topological polar surface area (TPSA) is 17.1 Å². The molecule has 0 aromatic heterocycles. The van der Waals surface area contributed by atoms with Gasteiger partial charge < -0.3 is 0 Å². The second kappa shape index (κ2) is 3.04. The van der Waals surface area contributed by atoms with E-state index in [1.807, 2.05) is 6.08 Å². The van der Waals surface area contributed by atoms with Crippen molar-refractivity contribution in [2.45, 2.75) is 39.0 Å². The average molecular weight is 164 g/mol. The maximum absolute atomic E-state index is 11.1. The fourth-order valence-electron chi connectivity index (χ4n) is 2.61. The molecule has 2 aliphatic carbocycles. The summed E-state index contributed by atoms with van der Waals surface area (Å²) >= 11 is 0. The zero-order chi connectivity index (χ0) is 8.55. The Morgan fingerprint density at radius 1 is 1.33 bits per heavy atom. The maximum atomic E-state index is 11.1. The molecule has 0 heterocycles. The molecule has 0 aromatic carbocycles. The smallest absolute Gasteiger partial charge is 0.155 e. The summed E-state index contributed by atoms with van der Waals surface area (Å²) in [4.78, 5) is 11.1.